The second-order valence-corrected chi connectivity index (χ2v) is 21.4. The van der Waals surface area contributed by atoms with Crippen molar-refractivity contribution in [2.45, 2.75) is 109 Å². The van der Waals surface area contributed by atoms with Crippen molar-refractivity contribution in [3.63, 3.8) is 0 Å². The maximum absolute atomic E-state index is 9.35. The number of nitrogens with zero attached hydrogens (tertiary/aromatic N) is 2. The van der Waals surface area contributed by atoms with Crippen LogP contribution in [0.1, 0.15) is 71.6 Å². The Kier molecular flexibility index (Phi) is 14.9. The van der Waals surface area contributed by atoms with E-state index >= 15 is 0 Å². The van der Waals surface area contributed by atoms with Crippen LogP contribution in [0.25, 0.3) is 0 Å². The van der Waals surface area contributed by atoms with Crippen LogP contribution in [0.5, 0.6) is 11.5 Å². The summed E-state index contributed by atoms with van der Waals surface area (Å²) in [7, 11) is -0.492. The summed E-state index contributed by atoms with van der Waals surface area (Å²) in [4.78, 5) is 0. The van der Waals surface area contributed by atoms with Crippen LogP contribution in [-0.4, -0.2) is 77.4 Å². The van der Waals surface area contributed by atoms with E-state index in [2.05, 4.69) is 84.4 Å². The second-order valence-electron chi connectivity index (χ2n) is 15.2. The smallest absolute Gasteiger partial charge is 0.259 e. The fourth-order valence-electron chi connectivity index (χ4n) is 6.26. The van der Waals surface area contributed by atoms with Gasteiger partial charge in [-0.2, -0.15) is 5.26 Å². The average molecular weight is 751 g/mol. The van der Waals surface area contributed by atoms with E-state index < -0.39 is 34.7 Å². The molecule has 1 saturated heterocycles. The van der Waals surface area contributed by atoms with Gasteiger partial charge in [0.1, 0.15) is 29.3 Å². The van der Waals surface area contributed by atoms with Crippen molar-refractivity contribution < 1.29 is 32.4 Å². The van der Waals surface area contributed by atoms with Gasteiger partial charge >= 0.3 is 0 Å². The van der Waals surface area contributed by atoms with Crippen LogP contribution >= 0.6 is 8.53 Å². The molecule has 52 heavy (non-hydrogen) atoms. The standard InChI is InChI=1S/C41H59N2O7PSi/c1-30(2)43(31(3)4)51(48-27-15-26-42)49-39-37(46-28-38(39)50-52(10,11)40(5,6)7)29-47-41(32-16-13-12-14-17-32,33-18-22-35(44-8)23-19-33)34-20-24-36(45-9)25-21-34/h12-14,16-25,30-31,37-39H,15,27-29H2,1-11H3/t37-,38+,39-,51?/m1/s1. The highest BCUT2D eigenvalue weighted by molar-refractivity contribution is 7.44. The lowest BCUT2D eigenvalue weighted by Crippen LogP contribution is -2.49. The molecule has 3 aromatic carbocycles. The Morgan fingerprint density at radius 3 is 1.83 bits per heavy atom. The maximum Gasteiger partial charge on any atom is 0.259 e. The zero-order valence-corrected chi connectivity index (χ0v) is 34.8. The fraction of sp³-hybridized carbons (Fsp3) is 0.537. The third-order valence-electron chi connectivity index (χ3n) is 9.97. The van der Waals surface area contributed by atoms with Gasteiger partial charge in [0.05, 0.1) is 52.6 Å². The summed E-state index contributed by atoms with van der Waals surface area (Å²) in [5.74, 6) is 1.51. The van der Waals surface area contributed by atoms with Gasteiger partial charge in [0.25, 0.3) is 8.53 Å². The van der Waals surface area contributed by atoms with Gasteiger partial charge < -0.3 is 32.4 Å². The number of hydrogen-bond acceptors (Lipinski definition) is 9. The van der Waals surface area contributed by atoms with E-state index in [1.807, 2.05) is 66.7 Å². The molecule has 0 saturated carbocycles. The molecular weight excluding hydrogens is 692 g/mol. The van der Waals surface area contributed by atoms with E-state index in [4.69, 9.17) is 32.4 Å². The number of methoxy groups -OCH3 is 2. The highest BCUT2D eigenvalue weighted by atomic mass is 31.2. The minimum Gasteiger partial charge on any atom is -0.497 e. The first kappa shape index (κ1) is 41.9. The van der Waals surface area contributed by atoms with Crippen LogP contribution < -0.4 is 9.47 Å². The molecule has 0 N–H and O–H groups in total. The minimum atomic E-state index is -2.24. The number of rotatable bonds is 18. The Hall–Kier alpha value is -2.84. The molecule has 1 heterocycles. The molecular formula is C41H59N2O7PSi. The Morgan fingerprint density at radius 1 is 0.846 bits per heavy atom. The SMILES string of the molecule is COc1ccc(C(OC[C@H]2OC[C@H](O[Si](C)(C)C(C)(C)C)[C@@H]2OP(OCCC#N)N(C(C)C)C(C)C)(c2ccccc2)c2ccc(OC)cc2)cc1. The monoisotopic (exact) mass is 750 g/mol. The first-order valence-corrected chi connectivity index (χ1v) is 22.2. The summed E-state index contributed by atoms with van der Waals surface area (Å²) < 4.78 is 47.8. The lowest BCUT2D eigenvalue weighted by molar-refractivity contribution is -0.0692. The molecule has 0 aliphatic carbocycles. The van der Waals surface area contributed by atoms with Crippen molar-refractivity contribution in [1.29, 1.82) is 5.26 Å². The van der Waals surface area contributed by atoms with Crippen molar-refractivity contribution >= 4 is 16.8 Å². The summed E-state index contributed by atoms with van der Waals surface area (Å²) in [6.07, 6.45) is -1.05. The van der Waals surface area contributed by atoms with Gasteiger partial charge in [-0.15, -0.1) is 0 Å². The Morgan fingerprint density at radius 2 is 1.37 bits per heavy atom. The minimum absolute atomic E-state index is 0.0206. The average Bonchev–Trinajstić information content (AvgIpc) is 3.48. The number of hydrogen-bond donors (Lipinski definition) is 0. The lowest BCUT2D eigenvalue weighted by atomic mass is 9.80. The summed E-state index contributed by atoms with van der Waals surface area (Å²) in [5, 5.41) is 9.33. The van der Waals surface area contributed by atoms with Gasteiger partial charge in [-0.25, -0.2) is 4.67 Å². The normalized spacial score (nSPS) is 18.9. The summed E-state index contributed by atoms with van der Waals surface area (Å²) in [5.41, 5.74) is 1.80. The van der Waals surface area contributed by atoms with Crippen LogP contribution in [0, 0.1) is 11.3 Å². The van der Waals surface area contributed by atoms with E-state index in [0.717, 1.165) is 28.2 Å². The third-order valence-corrected chi connectivity index (χ3v) is 16.6. The van der Waals surface area contributed by atoms with Crippen molar-refractivity contribution in [3.8, 4) is 17.6 Å². The zero-order chi connectivity index (χ0) is 38.1. The van der Waals surface area contributed by atoms with Gasteiger partial charge in [-0.3, -0.25) is 0 Å². The molecule has 4 rings (SSSR count). The van der Waals surface area contributed by atoms with E-state index in [0.29, 0.717) is 6.61 Å². The zero-order valence-electron chi connectivity index (χ0n) is 32.9. The molecule has 4 atom stereocenters. The largest absolute Gasteiger partial charge is 0.497 e. The van der Waals surface area contributed by atoms with Crippen LogP contribution in [0.2, 0.25) is 18.1 Å². The van der Waals surface area contributed by atoms with E-state index in [1.165, 1.54) is 0 Å². The molecule has 1 aliphatic rings. The molecule has 3 aromatic rings. The summed E-state index contributed by atoms with van der Waals surface area (Å²) >= 11 is 0. The third kappa shape index (κ3) is 9.82. The van der Waals surface area contributed by atoms with Gasteiger partial charge in [0, 0.05) is 12.1 Å². The van der Waals surface area contributed by atoms with Crippen molar-refractivity contribution in [3.05, 3.63) is 95.6 Å². The molecule has 1 fully saturated rings. The first-order chi connectivity index (χ1) is 24.7. The van der Waals surface area contributed by atoms with Gasteiger partial charge in [-0.1, -0.05) is 75.4 Å². The first-order valence-electron chi connectivity index (χ1n) is 18.2. The Labute approximate surface area is 314 Å². The van der Waals surface area contributed by atoms with Crippen molar-refractivity contribution in [2.75, 3.05) is 34.0 Å². The maximum atomic E-state index is 9.35. The molecule has 1 aliphatic heterocycles. The molecule has 0 spiro atoms. The Bertz CT molecular complexity index is 1500. The predicted molar refractivity (Wildman–Crippen MR) is 210 cm³/mol. The van der Waals surface area contributed by atoms with Crippen LogP contribution in [0.4, 0.5) is 0 Å². The summed E-state index contributed by atoms with van der Waals surface area (Å²) in [6.45, 7) is 20.6. The Balaban J connectivity index is 1.81. The number of nitriles is 1. The molecule has 9 nitrogen and oxygen atoms in total. The van der Waals surface area contributed by atoms with Crippen molar-refractivity contribution in [2.24, 2.45) is 0 Å². The predicted octanol–water partition coefficient (Wildman–Crippen LogP) is 9.46. The van der Waals surface area contributed by atoms with Crippen LogP contribution in [0.15, 0.2) is 78.9 Å². The van der Waals surface area contributed by atoms with Crippen molar-refractivity contribution in [1.82, 2.24) is 4.67 Å². The quantitative estimate of drug-likeness (QED) is 0.0546. The molecule has 11 heteroatoms. The molecule has 0 radical (unpaired) electrons. The molecule has 0 aromatic heterocycles. The second kappa shape index (κ2) is 18.5. The van der Waals surface area contributed by atoms with E-state index in [-0.39, 0.29) is 42.9 Å². The number of ether oxygens (including phenoxy) is 4. The topological polar surface area (TPSA) is 91.6 Å². The summed E-state index contributed by atoms with van der Waals surface area (Å²) in [6, 6.07) is 28.8. The van der Waals surface area contributed by atoms with E-state index in [9.17, 15) is 5.26 Å². The fourth-order valence-corrected chi connectivity index (χ4v) is 9.36. The molecule has 0 amide bonds. The molecule has 284 valence electrons. The van der Waals surface area contributed by atoms with Gasteiger partial charge in [-0.05, 0) is 86.8 Å². The molecule has 0 bridgehead atoms. The van der Waals surface area contributed by atoms with Gasteiger partial charge in [0.15, 0.2) is 8.32 Å². The van der Waals surface area contributed by atoms with Crippen LogP contribution in [-0.2, 0) is 28.5 Å². The van der Waals surface area contributed by atoms with E-state index in [1.54, 1.807) is 14.2 Å². The lowest BCUT2D eigenvalue weighted by Gasteiger charge is -2.42. The van der Waals surface area contributed by atoms with Crippen LogP contribution in [0.3, 0.4) is 0 Å². The molecule has 1 unspecified atom stereocenters. The van der Waals surface area contributed by atoms with Gasteiger partial charge in [0.2, 0.25) is 0 Å². The highest BCUT2D eigenvalue weighted by Crippen LogP contribution is 2.50. The highest BCUT2D eigenvalue weighted by Gasteiger charge is 2.49. The number of benzene rings is 3.